The summed E-state index contributed by atoms with van der Waals surface area (Å²) in [5, 5.41) is 6.48. The van der Waals surface area contributed by atoms with Gasteiger partial charge in [0, 0.05) is 13.1 Å². The van der Waals surface area contributed by atoms with Crippen LogP contribution in [0.1, 0.15) is 38.2 Å². The van der Waals surface area contributed by atoms with Gasteiger partial charge in [-0.25, -0.2) is 0 Å². The van der Waals surface area contributed by atoms with Gasteiger partial charge in [-0.15, -0.1) is 12.4 Å². The molecule has 2 saturated carbocycles. The van der Waals surface area contributed by atoms with Crippen molar-refractivity contribution in [2.24, 2.45) is 17.3 Å². The molecular weight excluding hydrogens is 336 g/mol. The first-order valence-electron chi connectivity index (χ1n) is 9.30. The normalized spacial score (nSPS) is 27.0. The standard InChI is InChI=1S/C20H30N2O2.ClH/c1-3-21-9-10-22-19(23)20(14-16-7-8-17(20)11-16)13-15-5-4-6-18(12-15)24-2;/h4-6,12,16-17,21H,3,7-11,13-14H2,1-2H3,(H,22,23);1H. The Kier molecular flexibility index (Phi) is 7.14. The Morgan fingerprint density at radius 3 is 2.80 bits per heavy atom. The maximum atomic E-state index is 13.1. The molecule has 25 heavy (non-hydrogen) atoms. The molecule has 1 aromatic carbocycles. The molecule has 0 spiro atoms. The van der Waals surface area contributed by atoms with Gasteiger partial charge in [-0.1, -0.05) is 25.5 Å². The number of benzene rings is 1. The number of halogens is 1. The first-order chi connectivity index (χ1) is 11.7. The van der Waals surface area contributed by atoms with Crippen LogP contribution in [0.15, 0.2) is 24.3 Å². The van der Waals surface area contributed by atoms with E-state index in [2.05, 4.69) is 29.7 Å². The largest absolute Gasteiger partial charge is 0.497 e. The van der Waals surface area contributed by atoms with E-state index < -0.39 is 0 Å². The van der Waals surface area contributed by atoms with Gasteiger partial charge < -0.3 is 15.4 Å². The van der Waals surface area contributed by atoms with Crippen LogP contribution >= 0.6 is 12.4 Å². The molecule has 0 aliphatic heterocycles. The van der Waals surface area contributed by atoms with Crippen LogP contribution in [-0.2, 0) is 11.2 Å². The van der Waals surface area contributed by atoms with E-state index in [1.54, 1.807) is 7.11 Å². The van der Waals surface area contributed by atoms with Crippen molar-refractivity contribution >= 4 is 18.3 Å². The minimum absolute atomic E-state index is 0. The molecule has 5 heteroatoms. The van der Waals surface area contributed by atoms with Crippen molar-refractivity contribution in [3.8, 4) is 5.75 Å². The molecule has 0 radical (unpaired) electrons. The first kappa shape index (κ1) is 20.1. The van der Waals surface area contributed by atoms with Crippen LogP contribution in [0.2, 0.25) is 0 Å². The van der Waals surface area contributed by atoms with Crippen LogP contribution in [0, 0.1) is 17.3 Å². The summed E-state index contributed by atoms with van der Waals surface area (Å²) in [6.45, 7) is 4.58. The third-order valence-corrected chi connectivity index (χ3v) is 5.92. The number of methoxy groups -OCH3 is 1. The van der Waals surface area contributed by atoms with E-state index in [-0.39, 0.29) is 23.7 Å². The summed E-state index contributed by atoms with van der Waals surface area (Å²) in [6.07, 6.45) is 5.61. The summed E-state index contributed by atoms with van der Waals surface area (Å²) in [5.41, 5.74) is 0.991. The summed E-state index contributed by atoms with van der Waals surface area (Å²) in [4.78, 5) is 13.1. The first-order valence-corrected chi connectivity index (χ1v) is 9.30. The lowest BCUT2D eigenvalue weighted by atomic mass is 9.68. The molecule has 2 bridgehead atoms. The van der Waals surface area contributed by atoms with E-state index in [1.807, 2.05) is 12.1 Å². The van der Waals surface area contributed by atoms with Gasteiger partial charge >= 0.3 is 0 Å². The van der Waals surface area contributed by atoms with Gasteiger partial charge in [0.2, 0.25) is 5.91 Å². The summed E-state index contributed by atoms with van der Waals surface area (Å²) in [6, 6.07) is 8.20. The zero-order valence-electron chi connectivity index (χ0n) is 15.3. The van der Waals surface area contributed by atoms with Gasteiger partial charge in [0.25, 0.3) is 0 Å². The van der Waals surface area contributed by atoms with Crippen LogP contribution in [0.25, 0.3) is 0 Å². The molecule has 3 unspecified atom stereocenters. The van der Waals surface area contributed by atoms with E-state index in [9.17, 15) is 4.79 Å². The zero-order chi connectivity index (χ0) is 17.0. The van der Waals surface area contributed by atoms with Crippen molar-refractivity contribution in [1.82, 2.24) is 10.6 Å². The Hall–Kier alpha value is -1.26. The van der Waals surface area contributed by atoms with Crippen molar-refractivity contribution in [1.29, 1.82) is 0 Å². The molecule has 4 nitrogen and oxygen atoms in total. The molecule has 0 aromatic heterocycles. The Balaban J connectivity index is 0.00000225. The number of carbonyl (C=O) groups excluding carboxylic acids is 1. The highest BCUT2D eigenvalue weighted by molar-refractivity contribution is 5.85. The molecule has 0 heterocycles. The number of carbonyl (C=O) groups is 1. The Morgan fingerprint density at radius 1 is 1.32 bits per heavy atom. The maximum absolute atomic E-state index is 13.1. The van der Waals surface area contributed by atoms with Crippen LogP contribution in [-0.4, -0.2) is 32.7 Å². The number of likely N-dealkylation sites (N-methyl/N-ethyl adjacent to an activating group) is 1. The number of hydrogen-bond acceptors (Lipinski definition) is 3. The molecule has 2 fully saturated rings. The molecule has 3 atom stereocenters. The monoisotopic (exact) mass is 366 g/mol. The van der Waals surface area contributed by atoms with Crippen molar-refractivity contribution in [2.75, 3.05) is 26.7 Å². The number of hydrogen-bond donors (Lipinski definition) is 2. The average molecular weight is 367 g/mol. The SMILES string of the molecule is CCNCCNC(=O)C1(Cc2cccc(OC)c2)CC2CCC1C2.Cl. The van der Waals surface area contributed by atoms with Crippen LogP contribution in [0.4, 0.5) is 0 Å². The molecule has 140 valence electrons. The predicted octanol–water partition coefficient (Wildman–Crippen LogP) is 3.19. The fraction of sp³-hybridized carbons (Fsp3) is 0.650. The lowest BCUT2D eigenvalue weighted by Gasteiger charge is -2.36. The highest BCUT2D eigenvalue weighted by Crippen LogP contribution is 2.57. The zero-order valence-corrected chi connectivity index (χ0v) is 16.2. The fourth-order valence-electron chi connectivity index (χ4n) is 4.78. The van der Waals surface area contributed by atoms with Gasteiger partial charge in [-0.2, -0.15) is 0 Å². The number of nitrogens with one attached hydrogen (secondary N) is 2. The second-order valence-electron chi connectivity index (χ2n) is 7.37. The van der Waals surface area contributed by atoms with Gasteiger partial charge in [0.05, 0.1) is 12.5 Å². The average Bonchev–Trinajstić information content (AvgIpc) is 3.20. The van der Waals surface area contributed by atoms with Crippen LogP contribution < -0.4 is 15.4 Å². The Bertz CT molecular complexity index is 581. The third kappa shape index (κ3) is 4.29. The van der Waals surface area contributed by atoms with Crippen LogP contribution in [0.3, 0.4) is 0 Å². The molecule has 2 aliphatic carbocycles. The van der Waals surface area contributed by atoms with Crippen molar-refractivity contribution in [3.05, 3.63) is 29.8 Å². The summed E-state index contributed by atoms with van der Waals surface area (Å²) >= 11 is 0. The van der Waals surface area contributed by atoms with Crippen LogP contribution in [0.5, 0.6) is 5.75 Å². The molecule has 0 saturated heterocycles. The van der Waals surface area contributed by atoms with E-state index in [0.717, 1.165) is 37.6 Å². The third-order valence-electron chi connectivity index (χ3n) is 5.92. The molecule has 2 aliphatic rings. The number of fused-ring (bicyclic) bond motifs is 2. The summed E-state index contributed by atoms with van der Waals surface area (Å²) in [5.74, 6) is 2.40. The Labute approximate surface area is 157 Å². The van der Waals surface area contributed by atoms with Gasteiger partial charge in [-0.05, 0) is 61.8 Å². The minimum atomic E-state index is -0.221. The molecule has 3 rings (SSSR count). The second kappa shape index (κ2) is 8.91. The van der Waals surface area contributed by atoms with Crippen molar-refractivity contribution in [2.45, 2.75) is 39.0 Å². The number of rotatable bonds is 8. The lowest BCUT2D eigenvalue weighted by molar-refractivity contribution is -0.134. The molecule has 1 amide bonds. The van der Waals surface area contributed by atoms with E-state index >= 15 is 0 Å². The summed E-state index contributed by atoms with van der Waals surface area (Å²) in [7, 11) is 1.69. The molecule has 2 N–H and O–H groups in total. The topological polar surface area (TPSA) is 50.4 Å². The second-order valence-corrected chi connectivity index (χ2v) is 7.37. The number of amides is 1. The highest BCUT2D eigenvalue weighted by Gasteiger charge is 2.55. The molecular formula is C20H31ClN2O2. The van der Waals surface area contributed by atoms with Crippen molar-refractivity contribution < 1.29 is 9.53 Å². The van der Waals surface area contributed by atoms with E-state index in [1.165, 1.54) is 24.8 Å². The fourth-order valence-corrected chi connectivity index (χ4v) is 4.78. The minimum Gasteiger partial charge on any atom is -0.497 e. The van der Waals surface area contributed by atoms with Gasteiger partial charge in [0.1, 0.15) is 5.75 Å². The highest BCUT2D eigenvalue weighted by atomic mass is 35.5. The smallest absolute Gasteiger partial charge is 0.226 e. The summed E-state index contributed by atoms with van der Waals surface area (Å²) < 4.78 is 5.36. The van der Waals surface area contributed by atoms with E-state index in [0.29, 0.717) is 12.5 Å². The lowest BCUT2D eigenvalue weighted by Crippen LogP contribution is -2.47. The maximum Gasteiger partial charge on any atom is 0.226 e. The molecule has 1 aromatic rings. The number of ether oxygens (including phenoxy) is 1. The van der Waals surface area contributed by atoms with Gasteiger partial charge in [0.15, 0.2) is 0 Å². The predicted molar refractivity (Wildman–Crippen MR) is 103 cm³/mol. The quantitative estimate of drug-likeness (QED) is 0.695. The van der Waals surface area contributed by atoms with E-state index in [4.69, 9.17) is 4.74 Å². The van der Waals surface area contributed by atoms with Gasteiger partial charge in [-0.3, -0.25) is 4.79 Å². The van der Waals surface area contributed by atoms with Crippen molar-refractivity contribution in [3.63, 3.8) is 0 Å². The Morgan fingerprint density at radius 2 is 2.16 bits per heavy atom.